The van der Waals surface area contributed by atoms with Gasteiger partial charge in [-0.05, 0) is 37.3 Å². The summed E-state index contributed by atoms with van der Waals surface area (Å²) in [5.74, 6) is -3.02. The molecule has 1 heterocycles. The Balaban J connectivity index is 2.10. The Morgan fingerprint density at radius 3 is 2.29 bits per heavy atom. The predicted molar refractivity (Wildman–Crippen MR) is 70.8 cm³/mol. The van der Waals surface area contributed by atoms with Gasteiger partial charge in [0.15, 0.2) is 5.82 Å². The average Bonchev–Trinajstić information content (AvgIpc) is 2.50. The molecule has 0 aliphatic heterocycles. The van der Waals surface area contributed by atoms with Gasteiger partial charge in [0.25, 0.3) is 5.88 Å². The number of carbonyl (C=O) groups is 1. The van der Waals surface area contributed by atoms with E-state index in [0.29, 0.717) is 6.20 Å². The van der Waals surface area contributed by atoms with E-state index in [1.807, 2.05) is 0 Å². The second kappa shape index (κ2) is 6.73. The molecule has 128 valence electrons. The first kappa shape index (κ1) is 17.5. The second-order valence-corrected chi connectivity index (χ2v) is 4.66. The van der Waals surface area contributed by atoms with Crippen molar-refractivity contribution in [1.29, 1.82) is 0 Å². The smallest absolute Gasteiger partial charge is 0.417 e. The molecule has 0 bridgehead atoms. The van der Waals surface area contributed by atoms with Crippen LogP contribution in [0.1, 0.15) is 12.5 Å². The van der Waals surface area contributed by atoms with Crippen molar-refractivity contribution in [3.05, 3.63) is 47.9 Å². The minimum atomic E-state index is -4.71. The van der Waals surface area contributed by atoms with E-state index in [2.05, 4.69) is 4.98 Å². The van der Waals surface area contributed by atoms with E-state index in [1.165, 1.54) is 31.2 Å². The van der Waals surface area contributed by atoms with Crippen molar-refractivity contribution in [1.82, 2.24) is 4.98 Å². The SMILES string of the molecule is CC(Oc1ccc(Oc2ncc(C(F)(F)F)cc2F)cc1)C(=O)[O-]. The van der Waals surface area contributed by atoms with E-state index in [0.717, 1.165) is 0 Å². The van der Waals surface area contributed by atoms with Crippen LogP contribution in [0.3, 0.4) is 0 Å². The number of hydrogen-bond donors (Lipinski definition) is 0. The number of carbonyl (C=O) groups excluding carboxylic acids is 1. The standard InChI is InChI=1S/C15H11F4NO4/c1-8(14(21)22)23-10-2-4-11(5-3-10)24-13-12(16)6-9(7-20-13)15(17,18)19/h2-8H,1H3,(H,21,22)/p-1. The number of rotatable bonds is 5. The van der Waals surface area contributed by atoms with Crippen LogP contribution >= 0.6 is 0 Å². The summed E-state index contributed by atoms with van der Waals surface area (Å²) in [6, 6.07) is 5.60. The van der Waals surface area contributed by atoms with Gasteiger partial charge < -0.3 is 19.4 Å². The quantitative estimate of drug-likeness (QED) is 0.780. The van der Waals surface area contributed by atoms with Gasteiger partial charge in [0.05, 0.1) is 11.5 Å². The zero-order valence-corrected chi connectivity index (χ0v) is 12.1. The Labute approximate surface area is 133 Å². The zero-order valence-electron chi connectivity index (χ0n) is 12.1. The second-order valence-electron chi connectivity index (χ2n) is 4.66. The lowest BCUT2D eigenvalue weighted by Crippen LogP contribution is -2.37. The van der Waals surface area contributed by atoms with Crippen molar-refractivity contribution in [3.63, 3.8) is 0 Å². The molecule has 2 rings (SSSR count). The number of carboxylic acids is 1. The van der Waals surface area contributed by atoms with Crippen LogP contribution in [0, 0.1) is 5.82 Å². The van der Waals surface area contributed by atoms with Crippen molar-refractivity contribution in [2.24, 2.45) is 0 Å². The van der Waals surface area contributed by atoms with Gasteiger partial charge in [-0.1, -0.05) is 0 Å². The van der Waals surface area contributed by atoms with Crippen molar-refractivity contribution in [3.8, 4) is 17.4 Å². The Hall–Kier alpha value is -2.84. The van der Waals surface area contributed by atoms with Gasteiger partial charge in [-0.25, -0.2) is 9.37 Å². The number of benzene rings is 1. The fourth-order valence-corrected chi connectivity index (χ4v) is 1.61. The number of nitrogens with zero attached hydrogens (tertiary/aromatic N) is 1. The molecular weight excluding hydrogens is 334 g/mol. The molecule has 0 fully saturated rings. The lowest BCUT2D eigenvalue weighted by Gasteiger charge is -2.15. The van der Waals surface area contributed by atoms with Gasteiger partial charge in [0.2, 0.25) is 0 Å². The van der Waals surface area contributed by atoms with Gasteiger partial charge in [0, 0.05) is 6.20 Å². The number of aromatic nitrogens is 1. The van der Waals surface area contributed by atoms with Crippen LogP contribution in [-0.4, -0.2) is 17.1 Å². The fraction of sp³-hybridized carbons (Fsp3) is 0.200. The van der Waals surface area contributed by atoms with E-state index >= 15 is 0 Å². The van der Waals surface area contributed by atoms with E-state index in [9.17, 15) is 27.5 Å². The number of ether oxygens (including phenoxy) is 2. The number of aliphatic carboxylic acids is 1. The maximum absolute atomic E-state index is 13.6. The third kappa shape index (κ3) is 4.34. The summed E-state index contributed by atoms with van der Waals surface area (Å²) < 4.78 is 61.0. The molecule has 0 saturated heterocycles. The van der Waals surface area contributed by atoms with Crippen LogP contribution in [0.15, 0.2) is 36.5 Å². The van der Waals surface area contributed by atoms with Gasteiger partial charge in [0.1, 0.15) is 17.6 Å². The highest BCUT2D eigenvalue weighted by molar-refractivity contribution is 5.69. The molecule has 5 nitrogen and oxygen atoms in total. The monoisotopic (exact) mass is 344 g/mol. The van der Waals surface area contributed by atoms with Gasteiger partial charge in [-0.15, -0.1) is 0 Å². The molecule has 0 saturated carbocycles. The normalized spacial score (nSPS) is 12.5. The van der Waals surface area contributed by atoms with E-state index in [1.54, 1.807) is 0 Å². The fourth-order valence-electron chi connectivity index (χ4n) is 1.61. The molecule has 0 aliphatic carbocycles. The van der Waals surface area contributed by atoms with E-state index in [-0.39, 0.29) is 17.6 Å². The summed E-state index contributed by atoms with van der Waals surface area (Å²) in [6.45, 7) is 1.28. The lowest BCUT2D eigenvalue weighted by atomic mass is 10.2. The van der Waals surface area contributed by atoms with Crippen molar-refractivity contribution < 1.29 is 36.9 Å². The number of carboxylic acid groups (broad SMARTS) is 1. The number of pyridine rings is 1. The molecule has 2 aromatic rings. The number of alkyl halides is 3. The van der Waals surface area contributed by atoms with E-state index in [4.69, 9.17) is 9.47 Å². The highest BCUT2D eigenvalue weighted by Gasteiger charge is 2.32. The summed E-state index contributed by atoms with van der Waals surface area (Å²) in [5.41, 5.74) is -1.23. The summed E-state index contributed by atoms with van der Waals surface area (Å²) in [7, 11) is 0. The molecule has 1 atom stereocenters. The highest BCUT2D eigenvalue weighted by atomic mass is 19.4. The summed E-state index contributed by atoms with van der Waals surface area (Å²) in [6.07, 6.45) is -5.43. The topological polar surface area (TPSA) is 71.5 Å². The minimum absolute atomic E-state index is 0.0783. The summed E-state index contributed by atoms with van der Waals surface area (Å²) >= 11 is 0. The average molecular weight is 344 g/mol. The number of hydrogen-bond acceptors (Lipinski definition) is 5. The van der Waals surface area contributed by atoms with Crippen LogP contribution in [0.25, 0.3) is 0 Å². The van der Waals surface area contributed by atoms with Gasteiger partial charge >= 0.3 is 6.18 Å². The minimum Gasteiger partial charge on any atom is -0.546 e. The van der Waals surface area contributed by atoms with Crippen LogP contribution in [0.4, 0.5) is 17.6 Å². The first-order valence-corrected chi connectivity index (χ1v) is 6.55. The van der Waals surface area contributed by atoms with Gasteiger partial charge in [-0.3, -0.25) is 0 Å². The number of halogens is 4. The van der Waals surface area contributed by atoms with Crippen LogP contribution in [-0.2, 0) is 11.0 Å². The third-order valence-electron chi connectivity index (χ3n) is 2.82. The molecule has 0 radical (unpaired) electrons. The molecule has 1 aromatic carbocycles. The summed E-state index contributed by atoms with van der Waals surface area (Å²) in [4.78, 5) is 13.9. The van der Waals surface area contributed by atoms with E-state index < -0.39 is 35.5 Å². The molecule has 0 amide bonds. The Morgan fingerprint density at radius 1 is 1.21 bits per heavy atom. The zero-order chi connectivity index (χ0) is 17.9. The predicted octanol–water partition coefficient (Wildman–Crippen LogP) is 2.55. The molecule has 24 heavy (non-hydrogen) atoms. The molecule has 0 spiro atoms. The Bertz CT molecular complexity index is 731. The Kier molecular flexibility index (Phi) is 4.91. The first-order chi connectivity index (χ1) is 11.2. The lowest BCUT2D eigenvalue weighted by molar-refractivity contribution is -0.312. The van der Waals surface area contributed by atoms with Crippen molar-refractivity contribution in [2.45, 2.75) is 19.2 Å². The molecular formula is C15H10F4NO4-. The highest BCUT2D eigenvalue weighted by Crippen LogP contribution is 2.32. The van der Waals surface area contributed by atoms with Crippen LogP contribution < -0.4 is 14.6 Å². The van der Waals surface area contributed by atoms with Crippen LogP contribution in [0.2, 0.25) is 0 Å². The maximum atomic E-state index is 13.6. The molecule has 0 N–H and O–H groups in total. The Morgan fingerprint density at radius 2 is 1.79 bits per heavy atom. The first-order valence-electron chi connectivity index (χ1n) is 6.55. The van der Waals surface area contributed by atoms with Crippen LogP contribution in [0.5, 0.6) is 17.4 Å². The maximum Gasteiger partial charge on any atom is 0.417 e. The van der Waals surface area contributed by atoms with Crippen molar-refractivity contribution in [2.75, 3.05) is 0 Å². The molecule has 0 aliphatic rings. The molecule has 9 heteroatoms. The van der Waals surface area contributed by atoms with Gasteiger partial charge in [-0.2, -0.15) is 13.2 Å². The van der Waals surface area contributed by atoms with Crippen molar-refractivity contribution >= 4 is 5.97 Å². The summed E-state index contributed by atoms with van der Waals surface area (Å²) in [5, 5.41) is 10.6. The third-order valence-corrected chi connectivity index (χ3v) is 2.82. The largest absolute Gasteiger partial charge is 0.546 e. The molecule has 1 aromatic heterocycles. The molecule has 1 unspecified atom stereocenters.